The van der Waals surface area contributed by atoms with Gasteiger partial charge in [0.1, 0.15) is 0 Å². The molecule has 0 saturated carbocycles. The fourth-order valence-corrected chi connectivity index (χ4v) is 5.95. The van der Waals surface area contributed by atoms with Gasteiger partial charge in [-0.3, -0.25) is 9.59 Å². The summed E-state index contributed by atoms with van der Waals surface area (Å²) >= 11 is 1.54. The number of carboxylic acids is 1. The van der Waals surface area contributed by atoms with Crippen molar-refractivity contribution >= 4 is 23.6 Å². The molecule has 1 amide bonds. The first-order valence-electron chi connectivity index (χ1n) is 14.9. The molecule has 236 valence electrons. The lowest BCUT2D eigenvalue weighted by Gasteiger charge is -2.36. The van der Waals surface area contributed by atoms with Gasteiger partial charge in [0.05, 0.1) is 18.8 Å². The summed E-state index contributed by atoms with van der Waals surface area (Å²) in [6.45, 7) is 0.389. The van der Waals surface area contributed by atoms with E-state index in [9.17, 15) is 14.7 Å². The molecule has 1 aromatic heterocycles. The predicted octanol–water partition coefficient (Wildman–Crippen LogP) is 4.97. The van der Waals surface area contributed by atoms with E-state index in [1.54, 1.807) is 4.68 Å². The third-order valence-electron chi connectivity index (χ3n) is 7.57. The van der Waals surface area contributed by atoms with Gasteiger partial charge >= 0.3 is 5.97 Å². The van der Waals surface area contributed by atoms with Crippen LogP contribution in [-0.4, -0.2) is 54.2 Å². The Balaban J connectivity index is 1.24. The zero-order chi connectivity index (χ0) is 31.6. The Bertz CT molecular complexity index is 1560. The molecule has 12 heteroatoms. The van der Waals surface area contributed by atoms with E-state index in [4.69, 9.17) is 14.6 Å². The number of carbonyl (C=O) groups excluding carboxylic acids is 1. The number of nitrogens with one attached hydrogen (secondary N) is 1. The van der Waals surface area contributed by atoms with Crippen molar-refractivity contribution in [3.05, 3.63) is 95.1 Å². The van der Waals surface area contributed by atoms with Gasteiger partial charge in [-0.25, -0.2) is 4.68 Å². The van der Waals surface area contributed by atoms with Gasteiger partial charge in [-0.2, -0.15) is 0 Å². The molecular formula is C33H37N5O6S. The molecule has 1 aliphatic heterocycles. The van der Waals surface area contributed by atoms with E-state index in [2.05, 4.69) is 20.8 Å². The average molecular weight is 632 g/mol. The van der Waals surface area contributed by atoms with E-state index in [1.165, 1.54) is 11.8 Å². The quantitative estimate of drug-likeness (QED) is 0.129. The number of nitrogens with zero attached hydrogens (tertiary/aromatic N) is 4. The molecular weight excluding hydrogens is 594 g/mol. The second kappa shape index (κ2) is 15.8. The minimum atomic E-state index is -0.843. The molecule has 0 unspecified atom stereocenters. The Morgan fingerprint density at radius 2 is 1.71 bits per heavy atom. The van der Waals surface area contributed by atoms with Crippen LogP contribution in [0.5, 0.6) is 0 Å². The topological polar surface area (TPSA) is 149 Å². The van der Waals surface area contributed by atoms with Crippen LogP contribution in [0, 0.1) is 0 Å². The number of tetrazole rings is 1. The lowest BCUT2D eigenvalue weighted by atomic mass is 9.99. The lowest BCUT2D eigenvalue weighted by molar-refractivity contribution is -0.245. The van der Waals surface area contributed by atoms with Crippen LogP contribution >= 0.6 is 11.8 Å². The third-order valence-corrected chi connectivity index (χ3v) is 8.71. The number of aliphatic hydroxyl groups excluding tert-OH is 1. The van der Waals surface area contributed by atoms with Crippen molar-refractivity contribution in [2.24, 2.45) is 7.05 Å². The number of carboxylic acid groups (broad SMARTS) is 1. The number of thioether (sulfide) groups is 1. The van der Waals surface area contributed by atoms with Crippen molar-refractivity contribution in [3.8, 4) is 11.1 Å². The maximum Gasteiger partial charge on any atom is 0.303 e. The molecule has 3 aromatic carbocycles. The Morgan fingerprint density at radius 1 is 0.956 bits per heavy atom. The molecule has 0 bridgehead atoms. The second-order valence-electron chi connectivity index (χ2n) is 10.9. The van der Waals surface area contributed by atoms with Gasteiger partial charge in [-0.1, -0.05) is 78.5 Å². The minimum Gasteiger partial charge on any atom is -0.481 e. The number of aliphatic carboxylic acids is 1. The van der Waals surface area contributed by atoms with Crippen LogP contribution in [0.4, 0.5) is 0 Å². The van der Waals surface area contributed by atoms with Gasteiger partial charge in [0.2, 0.25) is 11.1 Å². The number of aromatic nitrogens is 4. The van der Waals surface area contributed by atoms with Gasteiger partial charge in [0.25, 0.3) is 0 Å². The molecule has 1 aliphatic rings. The summed E-state index contributed by atoms with van der Waals surface area (Å²) in [6.07, 6.45) is 1.21. The first-order valence-corrected chi connectivity index (χ1v) is 15.9. The Hall–Kier alpha value is -4.10. The van der Waals surface area contributed by atoms with Crippen molar-refractivity contribution < 1.29 is 29.3 Å². The number of unbranched alkanes of at least 4 members (excludes halogenated alkanes) is 1. The van der Waals surface area contributed by atoms with Crippen molar-refractivity contribution in [1.82, 2.24) is 25.5 Å². The highest BCUT2D eigenvalue weighted by atomic mass is 32.2. The van der Waals surface area contributed by atoms with Crippen LogP contribution in [0.15, 0.2) is 78.0 Å². The molecule has 0 aliphatic carbocycles. The Kier molecular flexibility index (Phi) is 11.3. The number of hydrogen-bond acceptors (Lipinski definition) is 9. The number of aryl methyl sites for hydroxylation is 1. The number of carbonyl (C=O) groups is 2. The lowest BCUT2D eigenvalue weighted by Crippen LogP contribution is -2.31. The van der Waals surface area contributed by atoms with E-state index in [0.717, 1.165) is 33.4 Å². The maximum atomic E-state index is 12.2. The van der Waals surface area contributed by atoms with Crippen molar-refractivity contribution in [2.45, 2.75) is 68.9 Å². The number of aliphatic hydroxyl groups is 1. The van der Waals surface area contributed by atoms with Crippen molar-refractivity contribution in [1.29, 1.82) is 0 Å². The molecule has 2 heterocycles. The Labute approximate surface area is 266 Å². The molecule has 4 aromatic rings. The molecule has 0 radical (unpaired) electrons. The summed E-state index contributed by atoms with van der Waals surface area (Å²) in [5.74, 6) is -0.275. The summed E-state index contributed by atoms with van der Waals surface area (Å²) in [5.41, 5.74) is 5.79. The summed E-state index contributed by atoms with van der Waals surface area (Å²) in [7, 11) is 1.81. The minimum absolute atomic E-state index is 0.0113. The van der Waals surface area contributed by atoms with Crippen molar-refractivity contribution in [3.63, 3.8) is 0 Å². The molecule has 5 rings (SSSR count). The summed E-state index contributed by atoms with van der Waals surface area (Å²) in [4.78, 5) is 22.8. The Morgan fingerprint density at radius 3 is 2.42 bits per heavy atom. The molecule has 1 fully saturated rings. The third kappa shape index (κ3) is 9.21. The molecule has 3 N–H and O–H groups in total. The number of amides is 1. The summed E-state index contributed by atoms with van der Waals surface area (Å²) in [6, 6.07) is 23.9. The molecule has 0 spiro atoms. The van der Waals surface area contributed by atoms with Gasteiger partial charge in [-0.05, 0) is 57.2 Å². The average Bonchev–Trinajstić information content (AvgIpc) is 3.49. The first kappa shape index (κ1) is 32.3. The zero-order valence-electron chi connectivity index (χ0n) is 25.0. The van der Waals surface area contributed by atoms with Gasteiger partial charge in [-0.15, -0.1) is 5.10 Å². The summed E-state index contributed by atoms with van der Waals surface area (Å²) in [5, 5.41) is 33.6. The molecule has 11 nitrogen and oxygen atoms in total. The van der Waals surface area contributed by atoms with E-state index in [1.807, 2.05) is 79.8 Å². The standard InChI is InChI=1S/C33H37N5O6S/c1-38-33(35-36-37-38)45-21-28-18-29(25-11-9-22(20-39)10-12-25)44-32(43-28)26-15-13-24(14-16-26)27-6-4-5-23(17-27)19-34-30(40)7-2-3-8-31(41)42/h4-6,9-17,28-29,32,39H,2-3,7-8,18-21H2,1H3,(H,34,40)(H,41,42)/t28-,29+,32+/m0/s1. The SMILES string of the molecule is Cn1nnnc1SC[C@@H]1C[C@H](c2ccc(CO)cc2)O[C@H](c2ccc(-c3cccc(CNC(=O)CCCCC(=O)O)c3)cc2)O1. The molecule has 3 atom stereocenters. The molecule has 45 heavy (non-hydrogen) atoms. The van der Waals surface area contributed by atoms with Crippen LogP contribution in [0.2, 0.25) is 0 Å². The number of rotatable bonds is 14. The number of benzene rings is 3. The van der Waals surface area contributed by atoms with Crippen LogP contribution in [0.3, 0.4) is 0 Å². The highest BCUT2D eigenvalue weighted by molar-refractivity contribution is 7.99. The van der Waals surface area contributed by atoms with Crippen LogP contribution in [-0.2, 0) is 39.3 Å². The first-order chi connectivity index (χ1) is 21.9. The van der Waals surface area contributed by atoms with E-state index < -0.39 is 12.3 Å². The summed E-state index contributed by atoms with van der Waals surface area (Å²) < 4.78 is 14.6. The second-order valence-corrected chi connectivity index (χ2v) is 11.9. The normalized spacial score (nSPS) is 18.0. The van der Waals surface area contributed by atoms with E-state index in [-0.39, 0.29) is 31.1 Å². The number of ether oxygens (including phenoxy) is 2. The highest BCUT2D eigenvalue weighted by Gasteiger charge is 2.32. The zero-order valence-corrected chi connectivity index (χ0v) is 25.9. The van der Waals surface area contributed by atoms with E-state index in [0.29, 0.717) is 43.1 Å². The van der Waals surface area contributed by atoms with Gasteiger partial charge in [0.15, 0.2) is 6.29 Å². The molecule has 1 saturated heterocycles. The fraction of sp³-hybridized carbons (Fsp3) is 0.364. The smallest absolute Gasteiger partial charge is 0.303 e. The van der Waals surface area contributed by atoms with Crippen LogP contribution in [0.1, 0.15) is 66.8 Å². The largest absolute Gasteiger partial charge is 0.481 e. The fourth-order valence-electron chi connectivity index (χ4n) is 5.08. The predicted molar refractivity (Wildman–Crippen MR) is 168 cm³/mol. The maximum absolute atomic E-state index is 12.2. The van der Waals surface area contributed by atoms with Crippen LogP contribution < -0.4 is 5.32 Å². The van der Waals surface area contributed by atoms with Crippen LogP contribution in [0.25, 0.3) is 11.1 Å². The van der Waals surface area contributed by atoms with Gasteiger partial charge in [0, 0.05) is 44.2 Å². The number of hydrogen-bond donors (Lipinski definition) is 3. The monoisotopic (exact) mass is 631 g/mol. The van der Waals surface area contributed by atoms with Crippen molar-refractivity contribution in [2.75, 3.05) is 5.75 Å². The van der Waals surface area contributed by atoms with Gasteiger partial charge < -0.3 is 25.0 Å². The highest BCUT2D eigenvalue weighted by Crippen LogP contribution is 2.39. The van der Waals surface area contributed by atoms with E-state index >= 15 is 0 Å².